The van der Waals surface area contributed by atoms with Crippen molar-refractivity contribution in [1.29, 1.82) is 0 Å². The van der Waals surface area contributed by atoms with Crippen LogP contribution in [0.5, 0.6) is 5.75 Å². The number of nitrogens with one attached hydrogen (secondary N) is 3. The number of carbonyl (C=O) groups excluding carboxylic acids is 2. The van der Waals surface area contributed by atoms with E-state index in [1.807, 2.05) is 0 Å². The van der Waals surface area contributed by atoms with Crippen LogP contribution in [0.25, 0.3) is 10.9 Å². The Morgan fingerprint density at radius 1 is 0.917 bits per heavy atom. The molecule has 3 aromatic rings. The third-order valence-electron chi connectivity index (χ3n) is 3.32. The lowest BCUT2D eigenvalue weighted by molar-refractivity contribution is 0.0843. The molecule has 0 atom stereocenters. The van der Waals surface area contributed by atoms with Gasteiger partial charge in [-0.25, -0.2) is 0 Å². The highest BCUT2D eigenvalue weighted by Gasteiger charge is 2.14. The molecule has 2 aromatic carbocycles. The van der Waals surface area contributed by atoms with E-state index in [1.54, 1.807) is 24.3 Å². The number of hydrogen-bond donors (Lipinski definition) is 4. The van der Waals surface area contributed by atoms with E-state index >= 15 is 0 Å². The van der Waals surface area contributed by atoms with Gasteiger partial charge in [0.05, 0.1) is 5.56 Å². The molecule has 1 heterocycles. The van der Waals surface area contributed by atoms with E-state index in [9.17, 15) is 14.7 Å². The predicted octanol–water partition coefficient (Wildman–Crippen LogP) is 3.26. The molecule has 0 aliphatic heterocycles. The van der Waals surface area contributed by atoms with Crippen LogP contribution in [0.4, 0.5) is 0 Å². The van der Waals surface area contributed by atoms with Crippen molar-refractivity contribution in [3.05, 3.63) is 63.8 Å². The molecular formula is C16H11Cl2N3O3. The molecule has 0 unspecified atom stereocenters. The fraction of sp³-hybridized carbons (Fsp3) is 0. The number of benzene rings is 2. The minimum atomic E-state index is -0.692. The summed E-state index contributed by atoms with van der Waals surface area (Å²) >= 11 is 11.7. The van der Waals surface area contributed by atoms with Crippen LogP contribution in [0.15, 0.2) is 42.5 Å². The summed E-state index contributed by atoms with van der Waals surface area (Å²) < 4.78 is 0. The Morgan fingerprint density at radius 2 is 1.58 bits per heavy atom. The molecule has 122 valence electrons. The highest BCUT2D eigenvalue weighted by Crippen LogP contribution is 2.21. The summed E-state index contributed by atoms with van der Waals surface area (Å²) in [5.41, 5.74) is 5.38. The third kappa shape index (κ3) is 3.29. The number of aromatic hydroxyl groups is 1. The first-order valence-corrected chi connectivity index (χ1v) is 7.57. The Hall–Kier alpha value is -2.70. The summed E-state index contributed by atoms with van der Waals surface area (Å²) in [5, 5.41) is 11.3. The molecule has 2 amide bonds. The Labute approximate surface area is 146 Å². The van der Waals surface area contributed by atoms with Gasteiger partial charge in [-0.2, -0.15) is 0 Å². The summed E-state index contributed by atoms with van der Waals surface area (Å²) in [6.07, 6.45) is 0. The molecular weight excluding hydrogens is 353 g/mol. The largest absolute Gasteiger partial charge is 0.507 e. The number of amides is 2. The first-order valence-electron chi connectivity index (χ1n) is 6.81. The number of phenolic OH excluding ortho intramolecular Hbond substituents is 1. The second-order valence-electron chi connectivity index (χ2n) is 4.98. The van der Waals surface area contributed by atoms with E-state index in [1.165, 1.54) is 18.2 Å². The van der Waals surface area contributed by atoms with Gasteiger partial charge >= 0.3 is 0 Å². The van der Waals surface area contributed by atoms with Crippen LogP contribution in [-0.4, -0.2) is 21.9 Å². The van der Waals surface area contributed by atoms with E-state index in [4.69, 9.17) is 23.2 Å². The molecule has 8 heteroatoms. The monoisotopic (exact) mass is 363 g/mol. The third-order valence-corrected chi connectivity index (χ3v) is 3.79. The average Bonchev–Trinajstić information content (AvgIpc) is 2.97. The fourth-order valence-corrected chi connectivity index (χ4v) is 2.50. The van der Waals surface area contributed by atoms with Gasteiger partial charge in [0.1, 0.15) is 11.4 Å². The zero-order valence-corrected chi connectivity index (χ0v) is 13.6. The van der Waals surface area contributed by atoms with Gasteiger partial charge < -0.3 is 10.1 Å². The molecule has 24 heavy (non-hydrogen) atoms. The molecule has 4 N–H and O–H groups in total. The summed E-state index contributed by atoms with van der Waals surface area (Å²) in [5.74, 6) is -1.48. The zero-order chi connectivity index (χ0) is 17.3. The van der Waals surface area contributed by atoms with Gasteiger partial charge in [-0.05, 0) is 36.4 Å². The molecule has 0 aliphatic carbocycles. The van der Waals surface area contributed by atoms with Crippen molar-refractivity contribution in [1.82, 2.24) is 15.8 Å². The van der Waals surface area contributed by atoms with E-state index in [0.29, 0.717) is 10.5 Å². The fourth-order valence-electron chi connectivity index (χ4n) is 2.16. The Kier molecular flexibility index (Phi) is 4.33. The van der Waals surface area contributed by atoms with Gasteiger partial charge in [0.15, 0.2) is 0 Å². The first kappa shape index (κ1) is 16.2. The number of hydrogen-bond acceptors (Lipinski definition) is 3. The van der Waals surface area contributed by atoms with Gasteiger partial charge in [0.25, 0.3) is 11.8 Å². The van der Waals surface area contributed by atoms with Gasteiger partial charge in [-0.3, -0.25) is 20.4 Å². The maximum atomic E-state index is 12.1. The number of halogens is 2. The van der Waals surface area contributed by atoms with E-state index in [0.717, 1.165) is 5.39 Å². The topological polar surface area (TPSA) is 94.2 Å². The standard InChI is InChI=1S/C16H11Cl2N3O3/c17-9-3-4-14(22)11(6-9)15(23)20-21-16(24)13-5-8-1-2-10(18)7-12(8)19-13/h1-7,19,22H,(H,20,23)(H,21,24). The van der Waals surface area contributed by atoms with Crippen LogP contribution < -0.4 is 10.9 Å². The highest BCUT2D eigenvalue weighted by molar-refractivity contribution is 6.31. The molecule has 0 radical (unpaired) electrons. The van der Waals surface area contributed by atoms with Crippen molar-refractivity contribution in [3.63, 3.8) is 0 Å². The molecule has 0 spiro atoms. The molecule has 1 aromatic heterocycles. The molecule has 3 rings (SSSR count). The lowest BCUT2D eigenvalue weighted by Gasteiger charge is -2.08. The second kappa shape index (κ2) is 6.43. The van der Waals surface area contributed by atoms with Crippen LogP contribution in [0.1, 0.15) is 20.8 Å². The smallest absolute Gasteiger partial charge is 0.286 e. The van der Waals surface area contributed by atoms with Crippen LogP contribution >= 0.6 is 23.2 Å². The van der Waals surface area contributed by atoms with Crippen LogP contribution in [0.3, 0.4) is 0 Å². The summed E-state index contributed by atoms with van der Waals surface area (Å²) in [7, 11) is 0. The lowest BCUT2D eigenvalue weighted by atomic mass is 10.2. The first-order chi connectivity index (χ1) is 11.4. The lowest BCUT2D eigenvalue weighted by Crippen LogP contribution is -2.41. The van der Waals surface area contributed by atoms with Crippen molar-refractivity contribution < 1.29 is 14.7 Å². The summed E-state index contributed by atoms with van der Waals surface area (Å²) in [4.78, 5) is 27.0. The van der Waals surface area contributed by atoms with Gasteiger partial charge in [-0.15, -0.1) is 0 Å². The molecule has 0 saturated heterocycles. The van der Waals surface area contributed by atoms with Crippen molar-refractivity contribution in [3.8, 4) is 5.75 Å². The summed E-state index contributed by atoms with van der Waals surface area (Å²) in [6.45, 7) is 0. The molecule has 0 fully saturated rings. The van der Waals surface area contributed by atoms with E-state index < -0.39 is 11.8 Å². The summed E-state index contributed by atoms with van der Waals surface area (Å²) in [6, 6.07) is 10.8. The van der Waals surface area contributed by atoms with Crippen molar-refractivity contribution in [2.45, 2.75) is 0 Å². The molecule has 0 aliphatic rings. The maximum Gasteiger partial charge on any atom is 0.286 e. The predicted molar refractivity (Wildman–Crippen MR) is 91.4 cm³/mol. The van der Waals surface area contributed by atoms with Crippen LogP contribution in [0.2, 0.25) is 10.0 Å². The Balaban J connectivity index is 1.72. The average molecular weight is 364 g/mol. The molecule has 6 nitrogen and oxygen atoms in total. The highest BCUT2D eigenvalue weighted by atomic mass is 35.5. The van der Waals surface area contributed by atoms with E-state index in [2.05, 4.69) is 15.8 Å². The zero-order valence-electron chi connectivity index (χ0n) is 12.1. The Bertz CT molecular complexity index is 953. The number of phenols is 1. The quantitative estimate of drug-likeness (QED) is 0.526. The number of rotatable bonds is 2. The van der Waals surface area contributed by atoms with Crippen molar-refractivity contribution in [2.24, 2.45) is 0 Å². The number of hydrazine groups is 1. The molecule has 0 saturated carbocycles. The van der Waals surface area contributed by atoms with Gasteiger partial charge in [-0.1, -0.05) is 29.3 Å². The normalized spacial score (nSPS) is 10.6. The SMILES string of the molecule is O=C(NNC(=O)c1cc(Cl)ccc1O)c1cc2ccc(Cl)cc2[nH]1. The maximum absolute atomic E-state index is 12.1. The molecule has 0 bridgehead atoms. The minimum absolute atomic E-state index is 0.0498. The number of carbonyl (C=O) groups is 2. The number of fused-ring (bicyclic) bond motifs is 1. The number of aromatic amines is 1. The van der Waals surface area contributed by atoms with Crippen molar-refractivity contribution >= 4 is 45.9 Å². The number of aromatic nitrogens is 1. The van der Waals surface area contributed by atoms with Gasteiger partial charge in [0.2, 0.25) is 0 Å². The van der Waals surface area contributed by atoms with Gasteiger partial charge in [0, 0.05) is 20.9 Å². The second-order valence-corrected chi connectivity index (χ2v) is 5.86. The van der Waals surface area contributed by atoms with Crippen molar-refractivity contribution in [2.75, 3.05) is 0 Å². The Morgan fingerprint density at radius 3 is 2.38 bits per heavy atom. The van der Waals surface area contributed by atoms with Crippen LogP contribution in [0, 0.1) is 0 Å². The minimum Gasteiger partial charge on any atom is -0.507 e. The number of H-pyrrole nitrogens is 1. The van der Waals surface area contributed by atoms with Crippen LogP contribution in [-0.2, 0) is 0 Å². The van der Waals surface area contributed by atoms with E-state index in [-0.39, 0.29) is 22.0 Å².